The Hall–Kier alpha value is -2.13. The number of amides is 2. The summed E-state index contributed by atoms with van der Waals surface area (Å²) in [5.74, 6) is -0.905. The van der Waals surface area contributed by atoms with Crippen LogP contribution in [0.4, 0.5) is 4.79 Å². The fourth-order valence-electron chi connectivity index (χ4n) is 1.73. The van der Waals surface area contributed by atoms with Crippen LogP contribution in [0.25, 0.3) is 0 Å². The molecule has 1 rings (SSSR count). The lowest BCUT2D eigenvalue weighted by atomic mass is 10.1. The third-order valence-corrected chi connectivity index (χ3v) is 3.92. The van der Waals surface area contributed by atoms with E-state index in [9.17, 15) is 18.0 Å². The lowest BCUT2D eigenvalue weighted by Crippen LogP contribution is -2.52. The SMILES string of the molecule is COC(=O)[C@@H](NC(=O)NS(=O)(=O)NCc1ccccc1)C(C)C. The highest BCUT2D eigenvalue weighted by molar-refractivity contribution is 7.88. The van der Waals surface area contributed by atoms with Crippen LogP contribution >= 0.6 is 0 Å². The molecule has 0 aromatic heterocycles. The maximum Gasteiger partial charge on any atom is 0.330 e. The van der Waals surface area contributed by atoms with Gasteiger partial charge < -0.3 is 10.1 Å². The van der Waals surface area contributed by atoms with Crippen molar-refractivity contribution in [3.05, 3.63) is 35.9 Å². The van der Waals surface area contributed by atoms with Crippen LogP contribution in [0.1, 0.15) is 19.4 Å². The van der Waals surface area contributed by atoms with Gasteiger partial charge in [0.2, 0.25) is 0 Å². The van der Waals surface area contributed by atoms with Gasteiger partial charge in [-0.15, -0.1) is 0 Å². The van der Waals surface area contributed by atoms with E-state index in [4.69, 9.17) is 0 Å². The van der Waals surface area contributed by atoms with Gasteiger partial charge in [-0.25, -0.2) is 14.3 Å². The number of carbonyl (C=O) groups excluding carboxylic acids is 2. The molecule has 8 nitrogen and oxygen atoms in total. The molecule has 9 heteroatoms. The van der Waals surface area contributed by atoms with Gasteiger partial charge in [0, 0.05) is 6.54 Å². The largest absolute Gasteiger partial charge is 0.467 e. The average molecular weight is 343 g/mol. The lowest BCUT2D eigenvalue weighted by molar-refractivity contribution is -0.143. The number of carbonyl (C=O) groups is 2. The van der Waals surface area contributed by atoms with Gasteiger partial charge >= 0.3 is 22.2 Å². The summed E-state index contributed by atoms with van der Waals surface area (Å²) < 4.78 is 32.2. The molecule has 0 radical (unpaired) electrons. The van der Waals surface area contributed by atoms with Gasteiger partial charge in [-0.1, -0.05) is 44.2 Å². The van der Waals surface area contributed by atoms with Gasteiger partial charge in [-0.05, 0) is 11.5 Å². The van der Waals surface area contributed by atoms with Crippen LogP contribution in [-0.4, -0.2) is 33.6 Å². The minimum Gasteiger partial charge on any atom is -0.467 e. The first-order valence-corrected chi connectivity index (χ1v) is 8.43. The summed E-state index contributed by atoms with van der Waals surface area (Å²) in [5, 5.41) is 2.28. The first-order valence-electron chi connectivity index (χ1n) is 6.95. The molecule has 0 aliphatic heterocycles. The van der Waals surface area contributed by atoms with Crippen LogP contribution in [0.15, 0.2) is 30.3 Å². The van der Waals surface area contributed by atoms with Gasteiger partial charge in [-0.3, -0.25) is 0 Å². The highest BCUT2D eigenvalue weighted by Crippen LogP contribution is 2.03. The first-order chi connectivity index (χ1) is 10.7. The van der Waals surface area contributed by atoms with Gasteiger partial charge in [0.05, 0.1) is 7.11 Å². The summed E-state index contributed by atoms with van der Waals surface area (Å²) in [4.78, 5) is 23.3. The molecule has 0 bridgehead atoms. The van der Waals surface area contributed by atoms with Crippen molar-refractivity contribution in [2.24, 2.45) is 5.92 Å². The number of rotatable bonds is 7. The third kappa shape index (κ3) is 6.66. The van der Waals surface area contributed by atoms with Gasteiger partial charge in [0.15, 0.2) is 0 Å². The predicted molar refractivity (Wildman–Crippen MR) is 84.5 cm³/mol. The molecule has 0 fully saturated rings. The van der Waals surface area contributed by atoms with Crippen molar-refractivity contribution in [3.8, 4) is 0 Å². The zero-order valence-corrected chi connectivity index (χ0v) is 14.0. The first kappa shape index (κ1) is 18.9. The molecular formula is C14H21N3O5S. The van der Waals surface area contributed by atoms with Crippen LogP contribution in [0.2, 0.25) is 0 Å². The minimum atomic E-state index is -4.05. The maximum absolute atomic E-state index is 11.8. The van der Waals surface area contributed by atoms with Crippen molar-refractivity contribution in [1.29, 1.82) is 0 Å². The van der Waals surface area contributed by atoms with E-state index in [-0.39, 0.29) is 12.5 Å². The second kappa shape index (κ2) is 8.49. The number of ether oxygens (including phenoxy) is 1. The molecule has 0 saturated heterocycles. The molecule has 3 N–H and O–H groups in total. The Morgan fingerprint density at radius 3 is 2.30 bits per heavy atom. The summed E-state index contributed by atoms with van der Waals surface area (Å²) in [7, 11) is -2.86. The molecule has 1 atom stereocenters. The number of urea groups is 1. The highest BCUT2D eigenvalue weighted by Gasteiger charge is 2.26. The summed E-state index contributed by atoms with van der Waals surface area (Å²) in [6, 6.07) is 6.89. The Bertz CT molecular complexity index is 631. The molecule has 1 aromatic rings. The number of methoxy groups -OCH3 is 1. The monoisotopic (exact) mass is 343 g/mol. The van der Waals surface area contributed by atoms with Crippen molar-refractivity contribution in [2.75, 3.05) is 7.11 Å². The zero-order chi connectivity index (χ0) is 17.5. The van der Waals surface area contributed by atoms with E-state index in [1.807, 2.05) is 6.07 Å². The molecular weight excluding hydrogens is 322 g/mol. The number of benzene rings is 1. The minimum absolute atomic E-state index is 0.0358. The van der Waals surface area contributed by atoms with Crippen molar-refractivity contribution < 1.29 is 22.7 Å². The normalized spacial score (nSPS) is 12.5. The van der Waals surface area contributed by atoms with Crippen molar-refractivity contribution >= 4 is 22.2 Å². The van der Waals surface area contributed by atoms with E-state index in [1.54, 1.807) is 42.8 Å². The van der Waals surface area contributed by atoms with E-state index in [0.717, 1.165) is 5.56 Å². The van der Waals surface area contributed by atoms with E-state index in [1.165, 1.54) is 7.11 Å². The maximum atomic E-state index is 11.8. The van der Waals surface area contributed by atoms with Crippen LogP contribution in [0, 0.1) is 5.92 Å². The predicted octanol–water partition coefficient (Wildman–Crippen LogP) is 0.518. The summed E-state index contributed by atoms with van der Waals surface area (Å²) in [6.45, 7) is 3.43. The van der Waals surface area contributed by atoms with E-state index >= 15 is 0 Å². The summed E-state index contributed by atoms with van der Waals surface area (Å²) in [6.07, 6.45) is 0. The number of hydrogen-bond donors (Lipinski definition) is 3. The average Bonchev–Trinajstić information content (AvgIpc) is 2.50. The standard InChI is InChI=1S/C14H21N3O5S/c1-10(2)12(13(18)22-3)16-14(19)17-23(20,21)15-9-11-7-5-4-6-8-11/h4-8,10,12,15H,9H2,1-3H3,(H2,16,17,19)/t12-/m0/s1. The van der Waals surface area contributed by atoms with Crippen LogP contribution in [0.3, 0.4) is 0 Å². The quantitative estimate of drug-likeness (QED) is 0.625. The molecule has 0 aliphatic rings. The number of esters is 1. The molecule has 0 saturated carbocycles. The van der Waals surface area contributed by atoms with Crippen molar-refractivity contribution in [1.82, 2.24) is 14.8 Å². The molecule has 1 aromatic carbocycles. The fourth-order valence-corrected chi connectivity index (χ4v) is 2.46. The van der Waals surface area contributed by atoms with Crippen molar-refractivity contribution in [3.63, 3.8) is 0 Å². The highest BCUT2D eigenvalue weighted by atomic mass is 32.2. The van der Waals surface area contributed by atoms with Crippen LogP contribution in [-0.2, 0) is 26.3 Å². The number of hydrogen-bond acceptors (Lipinski definition) is 5. The number of nitrogens with one attached hydrogen (secondary N) is 3. The summed E-state index contributed by atoms with van der Waals surface area (Å²) >= 11 is 0. The Balaban J connectivity index is 2.59. The molecule has 0 aliphatic carbocycles. The molecule has 0 spiro atoms. The smallest absolute Gasteiger partial charge is 0.330 e. The molecule has 0 heterocycles. The second-order valence-electron chi connectivity index (χ2n) is 5.13. The summed E-state index contributed by atoms with van der Waals surface area (Å²) in [5.41, 5.74) is 0.743. The Labute approximate surface area is 135 Å². The fraction of sp³-hybridized carbons (Fsp3) is 0.429. The molecule has 0 unspecified atom stereocenters. The molecule has 2 amide bonds. The third-order valence-electron chi connectivity index (χ3n) is 2.94. The lowest BCUT2D eigenvalue weighted by Gasteiger charge is -2.20. The van der Waals surface area contributed by atoms with Crippen molar-refractivity contribution in [2.45, 2.75) is 26.4 Å². The van der Waals surface area contributed by atoms with Crippen LogP contribution < -0.4 is 14.8 Å². The molecule has 128 valence electrons. The van der Waals surface area contributed by atoms with Gasteiger partial charge in [-0.2, -0.15) is 13.1 Å². The van der Waals surface area contributed by atoms with E-state index in [2.05, 4.69) is 14.8 Å². The topological polar surface area (TPSA) is 114 Å². The van der Waals surface area contributed by atoms with Gasteiger partial charge in [0.1, 0.15) is 6.04 Å². The van der Waals surface area contributed by atoms with Gasteiger partial charge in [0.25, 0.3) is 0 Å². The van der Waals surface area contributed by atoms with E-state index < -0.39 is 28.3 Å². The Kier molecular flexibility index (Phi) is 6.98. The zero-order valence-electron chi connectivity index (χ0n) is 13.2. The Morgan fingerprint density at radius 1 is 1.17 bits per heavy atom. The second-order valence-corrected chi connectivity index (χ2v) is 6.63. The Morgan fingerprint density at radius 2 is 1.78 bits per heavy atom. The van der Waals surface area contributed by atoms with E-state index in [0.29, 0.717) is 0 Å². The molecule has 23 heavy (non-hydrogen) atoms. The van der Waals surface area contributed by atoms with Crippen LogP contribution in [0.5, 0.6) is 0 Å².